The van der Waals surface area contributed by atoms with Gasteiger partial charge in [0.15, 0.2) is 0 Å². The number of anilines is 2. The Labute approximate surface area is 193 Å². The van der Waals surface area contributed by atoms with E-state index >= 15 is 0 Å². The zero-order valence-electron chi connectivity index (χ0n) is 19.3. The maximum atomic E-state index is 12.5. The van der Waals surface area contributed by atoms with E-state index in [-0.39, 0.29) is 12.2 Å². The molecule has 2 saturated heterocycles. The van der Waals surface area contributed by atoms with Crippen LogP contribution in [0.2, 0.25) is 0 Å². The van der Waals surface area contributed by atoms with E-state index in [0.717, 1.165) is 55.1 Å². The van der Waals surface area contributed by atoms with Crippen LogP contribution in [0.4, 0.5) is 16.2 Å². The normalized spacial score (nSPS) is 19.2. The molecule has 2 aliphatic rings. The number of pyridine rings is 2. The average Bonchev–Trinajstić information content (AvgIpc) is 3.20. The van der Waals surface area contributed by atoms with Gasteiger partial charge in [0.25, 0.3) is 0 Å². The lowest BCUT2D eigenvalue weighted by Crippen LogP contribution is -2.49. The number of nitrogens with zero attached hydrogens (tertiary/aromatic N) is 5. The summed E-state index contributed by atoms with van der Waals surface area (Å²) in [4.78, 5) is 28.0. The molecular formula is C25H29N5O3. The predicted octanol–water partition coefficient (Wildman–Crippen LogP) is 3.40. The van der Waals surface area contributed by atoms with E-state index in [9.17, 15) is 4.79 Å². The highest BCUT2D eigenvalue weighted by molar-refractivity contribution is 5.90. The summed E-state index contributed by atoms with van der Waals surface area (Å²) in [5.74, 6) is 0.590. The minimum atomic E-state index is -0.259. The Balaban J connectivity index is 1.21. The van der Waals surface area contributed by atoms with Gasteiger partial charge in [-0.2, -0.15) is 0 Å². The molecule has 0 aliphatic carbocycles. The first kappa shape index (κ1) is 21.5. The number of amides is 1. The molecule has 8 heteroatoms. The zero-order chi connectivity index (χ0) is 22.9. The number of benzene rings is 1. The van der Waals surface area contributed by atoms with E-state index in [2.05, 4.69) is 45.7 Å². The minimum absolute atomic E-state index is 0.127. The second-order valence-electron chi connectivity index (χ2n) is 8.72. The summed E-state index contributed by atoms with van der Waals surface area (Å²) in [6.45, 7) is 9.00. The number of carbonyl (C=O) groups excluding carboxylic acids is 1. The van der Waals surface area contributed by atoms with Gasteiger partial charge >= 0.3 is 6.09 Å². The zero-order valence-corrected chi connectivity index (χ0v) is 19.3. The van der Waals surface area contributed by atoms with Crippen molar-refractivity contribution in [2.75, 3.05) is 56.2 Å². The van der Waals surface area contributed by atoms with Crippen LogP contribution in [0, 0.1) is 13.8 Å². The number of hydrogen-bond acceptors (Lipinski definition) is 7. The van der Waals surface area contributed by atoms with Gasteiger partial charge in [0.05, 0.1) is 24.9 Å². The molecule has 172 valence electrons. The lowest BCUT2D eigenvalue weighted by Gasteiger charge is -2.36. The van der Waals surface area contributed by atoms with Crippen LogP contribution in [-0.2, 0) is 4.74 Å². The molecule has 0 radical (unpaired) electrons. The summed E-state index contributed by atoms with van der Waals surface area (Å²) in [7, 11) is 1.62. The number of cyclic esters (lactones) is 1. The van der Waals surface area contributed by atoms with Crippen molar-refractivity contribution < 1.29 is 14.3 Å². The molecule has 0 N–H and O–H groups in total. The van der Waals surface area contributed by atoms with Crippen molar-refractivity contribution in [3.63, 3.8) is 0 Å². The molecule has 2 aliphatic heterocycles. The minimum Gasteiger partial charge on any atom is -0.481 e. The predicted molar refractivity (Wildman–Crippen MR) is 128 cm³/mol. The van der Waals surface area contributed by atoms with Gasteiger partial charge in [0.1, 0.15) is 11.6 Å². The van der Waals surface area contributed by atoms with Gasteiger partial charge in [-0.1, -0.05) is 6.07 Å². The van der Waals surface area contributed by atoms with Crippen molar-refractivity contribution in [3.05, 3.63) is 53.7 Å². The van der Waals surface area contributed by atoms with Gasteiger partial charge in [0.2, 0.25) is 5.88 Å². The van der Waals surface area contributed by atoms with Crippen molar-refractivity contribution in [1.29, 1.82) is 0 Å². The van der Waals surface area contributed by atoms with Gasteiger partial charge in [-0.25, -0.2) is 9.78 Å². The first-order valence-electron chi connectivity index (χ1n) is 11.3. The SMILES string of the molecule is COc1ccc2nccc(N3CCN(C[C@@H]4CN(c5ccc(C)c(C)c5)C(=O)O4)CC3)c2n1. The molecule has 5 rings (SSSR count). The lowest BCUT2D eigenvalue weighted by molar-refractivity contribution is 0.106. The topological polar surface area (TPSA) is 71.0 Å². The number of piperazine rings is 1. The van der Waals surface area contributed by atoms with E-state index in [1.807, 2.05) is 30.5 Å². The maximum Gasteiger partial charge on any atom is 0.414 e. The maximum absolute atomic E-state index is 12.5. The first-order chi connectivity index (χ1) is 16.0. The van der Waals surface area contributed by atoms with E-state index < -0.39 is 0 Å². The van der Waals surface area contributed by atoms with Crippen LogP contribution in [-0.4, -0.2) is 73.4 Å². The summed E-state index contributed by atoms with van der Waals surface area (Å²) >= 11 is 0. The second-order valence-corrected chi connectivity index (χ2v) is 8.72. The number of aryl methyl sites for hydroxylation is 2. The van der Waals surface area contributed by atoms with Crippen LogP contribution in [0.3, 0.4) is 0 Å². The third-order valence-corrected chi connectivity index (χ3v) is 6.60. The molecule has 33 heavy (non-hydrogen) atoms. The standard InChI is InChI=1S/C25H29N5O3/c1-17-4-5-19(14-18(17)2)30-16-20(33-25(30)31)15-28-10-12-29(13-11-28)22-8-9-26-21-6-7-23(32-3)27-24(21)22/h4-9,14,20H,10-13,15-16H2,1-3H3/t20-/m1/s1. The molecule has 4 heterocycles. The molecule has 1 amide bonds. The molecular weight excluding hydrogens is 418 g/mol. The number of fused-ring (bicyclic) bond motifs is 1. The summed E-state index contributed by atoms with van der Waals surface area (Å²) in [6, 6.07) is 11.9. The Morgan fingerprint density at radius 2 is 1.88 bits per heavy atom. The van der Waals surface area contributed by atoms with Gasteiger partial charge in [-0.05, 0) is 49.2 Å². The highest BCUT2D eigenvalue weighted by Gasteiger charge is 2.34. The van der Waals surface area contributed by atoms with E-state index in [4.69, 9.17) is 9.47 Å². The van der Waals surface area contributed by atoms with Crippen LogP contribution in [0.15, 0.2) is 42.6 Å². The van der Waals surface area contributed by atoms with Gasteiger partial charge in [-0.3, -0.25) is 14.8 Å². The lowest BCUT2D eigenvalue weighted by atomic mass is 10.1. The fourth-order valence-corrected chi connectivity index (χ4v) is 4.54. The molecule has 0 saturated carbocycles. The third kappa shape index (κ3) is 4.30. The van der Waals surface area contributed by atoms with Crippen LogP contribution in [0.1, 0.15) is 11.1 Å². The van der Waals surface area contributed by atoms with Crippen LogP contribution in [0.5, 0.6) is 5.88 Å². The highest BCUT2D eigenvalue weighted by Crippen LogP contribution is 2.28. The molecule has 8 nitrogen and oxygen atoms in total. The van der Waals surface area contributed by atoms with Crippen molar-refractivity contribution >= 4 is 28.5 Å². The fraction of sp³-hybridized carbons (Fsp3) is 0.400. The van der Waals surface area contributed by atoms with E-state index in [0.29, 0.717) is 12.4 Å². The number of carbonyl (C=O) groups is 1. The Bertz CT molecular complexity index is 1180. The monoisotopic (exact) mass is 447 g/mol. The smallest absolute Gasteiger partial charge is 0.414 e. The molecule has 0 unspecified atom stereocenters. The number of ether oxygens (including phenoxy) is 2. The molecule has 1 aromatic carbocycles. The highest BCUT2D eigenvalue weighted by atomic mass is 16.6. The molecule has 0 bridgehead atoms. The number of rotatable bonds is 5. The third-order valence-electron chi connectivity index (χ3n) is 6.60. The molecule has 3 aromatic rings. The summed E-state index contributed by atoms with van der Waals surface area (Å²) in [6.07, 6.45) is 1.45. The van der Waals surface area contributed by atoms with Gasteiger partial charge in [-0.15, -0.1) is 0 Å². The van der Waals surface area contributed by atoms with Crippen molar-refractivity contribution in [2.45, 2.75) is 20.0 Å². The largest absolute Gasteiger partial charge is 0.481 e. The Kier molecular flexibility index (Phi) is 5.76. The molecule has 0 spiro atoms. The quantitative estimate of drug-likeness (QED) is 0.594. The Morgan fingerprint density at radius 3 is 2.64 bits per heavy atom. The van der Waals surface area contributed by atoms with E-state index in [1.165, 1.54) is 11.1 Å². The molecule has 1 atom stereocenters. The van der Waals surface area contributed by atoms with Gasteiger partial charge in [0, 0.05) is 50.7 Å². The molecule has 2 fully saturated rings. The van der Waals surface area contributed by atoms with Crippen LogP contribution >= 0.6 is 0 Å². The molecule has 2 aromatic heterocycles. The first-order valence-corrected chi connectivity index (χ1v) is 11.3. The van der Waals surface area contributed by atoms with E-state index in [1.54, 1.807) is 12.0 Å². The van der Waals surface area contributed by atoms with Gasteiger partial charge < -0.3 is 14.4 Å². The number of methoxy groups -OCH3 is 1. The fourth-order valence-electron chi connectivity index (χ4n) is 4.54. The van der Waals surface area contributed by atoms with Crippen molar-refractivity contribution in [1.82, 2.24) is 14.9 Å². The van der Waals surface area contributed by atoms with Crippen molar-refractivity contribution in [2.24, 2.45) is 0 Å². The van der Waals surface area contributed by atoms with Crippen LogP contribution in [0.25, 0.3) is 11.0 Å². The summed E-state index contributed by atoms with van der Waals surface area (Å²) in [5.41, 5.74) is 6.10. The van der Waals surface area contributed by atoms with Crippen LogP contribution < -0.4 is 14.5 Å². The van der Waals surface area contributed by atoms with Crippen molar-refractivity contribution in [3.8, 4) is 5.88 Å². The second kappa shape index (κ2) is 8.86. The summed E-state index contributed by atoms with van der Waals surface area (Å²) < 4.78 is 11.0. The Morgan fingerprint density at radius 1 is 1.06 bits per heavy atom. The number of aromatic nitrogens is 2. The number of hydrogen-bond donors (Lipinski definition) is 0. The summed E-state index contributed by atoms with van der Waals surface area (Å²) in [5, 5.41) is 0. The Hall–Kier alpha value is -3.39. The average molecular weight is 448 g/mol.